The Morgan fingerprint density at radius 3 is 2.15 bits per heavy atom. The van der Waals surface area contributed by atoms with Crippen LogP contribution in [0.1, 0.15) is 28.9 Å². The van der Waals surface area contributed by atoms with Gasteiger partial charge in [-0.25, -0.2) is 4.79 Å². The molecule has 1 unspecified atom stereocenters. The van der Waals surface area contributed by atoms with Crippen LogP contribution in [0.3, 0.4) is 0 Å². The van der Waals surface area contributed by atoms with Crippen LogP contribution in [0.2, 0.25) is 5.02 Å². The highest BCUT2D eigenvalue weighted by Crippen LogP contribution is 2.26. The molecule has 0 spiro atoms. The summed E-state index contributed by atoms with van der Waals surface area (Å²) in [7, 11) is 1.98. The minimum absolute atomic E-state index is 0.169. The monoisotopic (exact) mass is 289 g/mol. The molecule has 0 aliphatic carbocycles. The lowest BCUT2D eigenvalue weighted by molar-refractivity contribution is 0.0697. The molecule has 2 aromatic rings. The maximum Gasteiger partial charge on any atom is 0.335 e. The van der Waals surface area contributed by atoms with Crippen LogP contribution in [0.4, 0.5) is 5.69 Å². The fourth-order valence-corrected chi connectivity index (χ4v) is 2.15. The first-order valence-electron chi connectivity index (χ1n) is 6.30. The molecule has 2 rings (SSSR count). The lowest BCUT2D eigenvalue weighted by Crippen LogP contribution is -2.21. The van der Waals surface area contributed by atoms with Gasteiger partial charge in [-0.05, 0) is 48.9 Å². The molecule has 0 radical (unpaired) electrons. The summed E-state index contributed by atoms with van der Waals surface area (Å²) in [6.45, 7) is 2.09. The molecule has 0 saturated heterocycles. The first-order chi connectivity index (χ1) is 9.49. The SMILES string of the molecule is CC(c1ccc(Cl)cc1)N(C)c1ccc(C(=O)O)cc1. The van der Waals surface area contributed by atoms with E-state index in [-0.39, 0.29) is 6.04 Å². The van der Waals surface area contributed by atoms with Gasteiger partial charge < -0.3 is 10.0 Å². The Bertz CT molecular complexity index is 593. The zero-order valence-electron chi connectivity index (χ0n) is 11.4. The standard InChI is InChI=1S/C16H16ClNO2/c1-11(12-3-7-14(17)8-4-12)18(2)15-9-5-13(6-10-15)16(19)20/h3-11H,1-2H3,(H,19,20). The van der Waals surface area contributed by atoms with Crippen molar-refractivity contribution in [2.24, 2.45) is 0 Å². The predicted molar refractivity (Wildman–Crippen MR) is 81.7 cm³/mol. The number of halogens is 1. The summed E-state index contributed by atoms with van der Waals surface area (Å²) in [5.74, 6) is -0.912. The van der Waals surface area contributed by atoms with E-state index in [4.69, 9.17) is 16.7 Å². The Balaban J connectivity index is 2.19. The second kappa shape index (κ2) is 5.97. The van der Waals surface area contributed by atoms with Gasteiger partial charge >= 0.3 is 5.97 Å². The largest absolute Gasteiger partial charge is 0.478 e. The molecule has 0 amide bonds. The van der Waals surface area contributed by atoms with Crippen molar-refractivity contribution in [3.8, 4) is 0 Å². The van der Waals surface area contributed by atoms with E-state index in [9.17, 15) is 4.79 Å². The summed E-state index contributed by atoms with van der Waals surface area (Å²) in [6.07, 6.45) is 0. The zero-order chi connectivity index (χ0) is 14.7. The van der Waals surface area contributed by atoms with Crippen LogP contribution in [0, 0.1) is 0 Å². The number of aromatic carboxylic acids is 1. The number of rotatable bonds is 4. The number of hydrogen-bond donors (Lipinski definition) is 1. The van der Waals surface area contributed by atoms with Gasteiger partial charge in [-0.1, -0.05) is 23.7 Å². The molecule has 0 aromatic heterocycles. The molecule has 0 saturated carbocycles. The van der Waals surface area contributed by atoms with E-state index in [0.29, 0.717) is 5.56 Å². The van der Waals surface area contributed by atoms with Gasteiger partial charge in [0.2, 0.25) is 0 Å². The van der Waals surface area contributed by atoms with E-state index in [0.717, 1.165) is 16.3 Å². The van der Waals surface area contributed by atoms with Crippen molar-refractivity contribution in [3.63, 3.8) is 0 Å². The van der Waals surface area contributed by atoms with Crippen molar-refractivity contribution in [1.82, 2.24) is 0 Å². The van der Waals surface area contributed by atoms with E-state index in [2.05, 4.69) is 11.8 Å². The number of carboxylic acid groups (broad SMARTS) is 1. The highest BCUT2D eigenvalue weighted by molar-refractivity contribution is 6.30. The fraction of sp³-hybridized carbons (Fsp3) is 0.188. The lowest BCUT2D eigenvalue weighted by Gasteiger charge is -2.27. The van der Waals surface area contributed by atoms with E-state index in [1.165, 1.54) is 0 Å². The quantitative estimate of drug-likeness (QED) is 0.915. The molecule has 2 aromatic carbocycles. The normalized spacial score (nSPS) is 11.9. The summed E-state index contributed by atoms with van der Waals surface area (Å²) >= 11 is 5.89. The molecule has 3 nitrogen and oxygen atoms in total. The molecule has 0 heterocycles. The second-order valence-electron chi connectivity index (χ2n) is 4.69. The van der Waals surface area contributed by atoms with E-state index < -0.39 is 5.97 Å². The Morgan fingerprint density at radius 2 is 1.65 bits per heavy atom. The Kier molecular flexibility index (Phi) is 4.30. The van der Waals surface area contributed by atoms with Gasteiger partial charge in [0.1, 0.15) is 0 Å². The average Bonchev–Trinajstić information content (AvgIpc) is 2.46. The third-order valence-corrected chi connectivity index (χ3v) is 3.71. The molecule has 1 atom stereocenters. The highest BCUT2D eigenvalue weighted by atomic mass is 35.5. The fourth-order valence-electron chi connectivity index (χ4n) is 2.03. The van der Waals surface area contributed by atoms with Crippen LogP contribution < -0.4 is 4.90 Å². The smallest absolute Gasteiger partial charge is 0.335 e. The Morgan fingerprint density at radius 1 is 1.10 bits per heavy atom. The van der Waals surface area contributed by atoms with Crippen molar-refractivity contribution < 1.29 is 9.90 Å². The van der Waals surface area contributed by atoms with Crippen LogP contribution in [-0.4, -0.2) is 18.1 Å². The molecule has 1 N–H and O–H groups in total. The summed E-state index contributed by atoms with van der Waals surface area (Å²) in [5.41, 5.74) is 2.41. The number of carbonyl (C=O) groups is 1. The molecule has 20 heavy (non-hydrogen) atoms. The van der Waals surface area contributed by atoms with E-state index in [1.807, 2.05) is 43.4 Å². The molecule has 0 fully saturated rings. The van der Waals surface area contributed by atoms with Crippen molar-refractivity contribution in [2.45, 2.75) is 13.0 Å². The molecule has 104 valence electrons. The number of anilines is 1. The second-order valence-corrected chi connectivity index (χ2v) is 5.13. The minimum atomic E-state index is -0.912. The summed E-state index contributed by atoms with van der Waals surface area (Å²) in [6, 6.07) is 14.8. The zero-order valence-corrected chi connectivity index (χ0v) is 12.1. The van der Waals surface area contributed by atoms with E-state index in [1.54, 1.807) is 12.1 Å². The van der Waals surface area contributed by atoms with Crippen LogP contribution in [0.5, 0.6) is 0 Å². The van der Waals surface area contributed by atoms with Crippen LogP contribution in [0.25, 0.3) is 0 Å². The maximum absolute atomic E-state index is 10.8. The van der Waals surface area contributed by atoms with Gasteiger partial charge in [0, 0.05) is 17.8 Å². The third-order valence-electron chi connectivity index (χ3n) is 3.45. The number of nitrogens with zero attached hydrogens (tertiary/aromatic N) is 1. The van der Waals surface area contributed by atoms with E-state index >= 15 is 0 Å². The van der Waals surface area contributed by atoms with Crippen molar-refractivity contribution in [3.05, 3.63) is 64.7 Å². The number of carboxylic acids is 1. The first kappa shape index (κ1) is 14.4. The van der Waals surface area contributed by atoms with Crippen molar-refractivity contribution in [2.75, 3.05) is 11.9 Å². The van der Waals surface area contributed by atoms with Crippen LogP contribution in [-0.2, 0) is 0 Å². The van der Waals surface area contributed by atoms with Crippen molar-refractivity contribution in [1.29, 1.82) is 0 Å². The first-order valence-corrected chi connectivity index (χ1v) is 6.68. The summed E-state index contributed by atoms with van der Waals surface area (Å²) in [5, 5.41) is 9.62. The van der Waals surface area contributed by atoms with Gasteiger partial charge in [-0.3, -0.25) is 0 Å². The van der Waals surface area contributed by atoms with Crippen LogP contribution >= 0.6 is 11.6 Å². The minimum Gasteiger partial charge on any atom is -0.478 e. The number of benzene rings is 2. The van der Waals surface area contributed by atoms with Gasteiger partial charge in [0.05, 0.1) is 11.6 Å². The molecule has 4 heteroatoms. The molecule has 0 aliphatic heterocycles. The maximum atomic E-state index is 10.8. The van der Waals surface area contributed by atoms with Gasteiger partial charge in [-0.2, -0.15) is 0 Å². The summed E-state index contributed by atoms with van der Waals surface area (Å²) in [4.78, 5) is 12.9. The predicted octanol–water partition coefficient (Wildman–Crippen LogP) is 4.24. The van der Waals surface area contributed by atoms with Crippen molar-refractivity contribution >= 4 is 23.3 Å². The molecular weight excluding hydrogens is 274 g/mol. The Labute approximate surface area is 123 Å². The molecular formula is C16H16ClNO2. The Hall–Kier alpha value is -2.00. The number of hydrogen-bond acceptors (Lipinski definition) is 2. The molecule has 0 bridgehead atoms. The van der Waals surface area contributed by atoms with Crippen LogP contribution in [0.15, 0.2) is 48.5 Å². The third kappa shape index (κ3) is 3.11. The van der Waals surface area contributed by atoms with Gasteiger partial charge in [0.25, 0.3) is 0 Å². The summed E-state index contributed by atoms with van der Waals surface area (Å²) < 4.78 is 0. The topological polar surface area (TPSA) is 40.5 Å². The van der Waals surface area contributed by atoms with Gasteiger partial charge in [-0.15, -0.1) is 0 Å². The highest BCUT2D eigenvalue weighted by Gasteiger charge is 2.13. The lowest BCUT2D eigenvalue weighted by atomic mass is 10.1. The molecule has 0 aliphatic rings. The average molecular weight is 290 g/mol. The van der Waals surface area contributed by atoms with Gasteiger partial charge in [0.15, 0.2) is 0 Å².